The number of nitrogens with one attached hydrogen (secondary N) is 1. The molecule has 0 saturated heterocycles. The van der Waals surface area contributed by atoms with Gasteiger partial charge in [0, 0.05) is 6.04 Å². The average molecular weight is 259 g/mol. The second kappa shape index (κ2) is 5.85. The van der Waals surface area contributed by atoms with Crippen molar-refractivity contribution in [2.45, 2.75) is 19.4 Å². The van der Waals surface area contributed by atoms with E-state index in [9.17, 15) is 9.50 Å². The maximum absolute atomic E-state index is 13.6. The number of aromatic hydroxyl groups is 1. The molecule has 0 amide bonds. The van der Waals surface area contributed by atoms with Gasteiger partial charge in [-0.1, -0.05) is 24.3 Å². The summed E-state index contributed by atoms with van der Waals surface area (Å²) >= 11 is 0. The number of halogens is 1. The lowest BCUT2D eigenvalue weighted by Crippen LogP contribution is -2.19. The predicted octanol–water partition coefficient (Wildman–Crippen LogP) is 3.34. The highest BCUT2D eigenvalue weighted by Crippen LogP contribution is 2.21. The molecule has 0 radical (unpaired) electrons. The van der Waals surface area contributed by atoms with Crippen LogP contribution in [0.25, 0.3) is 0 Å². The van der Waals surface area contributed by atoms with Gasteiger partial charge < -0.3 is 10.4 Å². The fourth-order valence-electron chi connectivity index (χ4n) is 2.08. The Bertz CT molecular complexity index is 551. The van der Waals surface area contributed by atoms with Gasteiger partial charge in [-0.05, 0) is 55.3 Å². The van der Waals surface area contributed by atoms with E-state index in [0.29, 0.717) is 5.56 Å². The molecule has 1 atom stereocenters. The predicted molar refractivity (Wildman–Crippen MR) is 74.7 cm³/mol. The molecule has 2 nitrogen and oxygen atoms in total. The summed E-state index contributed by atoms with van der Waals surface area (Å²) in [6, 6.07) is 12.5. The van der Waals surface area contributed by atoms with Crippen molar-refractivity contribution < 1.29 is 9.50 Å². The van der Waals surface area contributed by atoms with E-state index in [1.54, 1.807) is 31.2 Å². The van der Waals surface area contributed by atoms with Gasteiger partial charge in [-0.2, -0.15) is 0 Å². The van der Waals surface area contributed by atoms with E-state index in [1.807, 2.05) is 25.2 Å². The summed E-state index contributed by atoms with van der Waals surface area (Å²) in [6.07, 6.45) is 0.749. The van der Waals surface area contributed by atoms with Gasteiger partial charge in [-0.15, -0.1) is 0 Å². The minimum Gasteiger partial charge on any atom is -0.508 e. The van der Waals surface area contributed by atoms with Gasteiger partial charge in [0.25, 0.3) is 0 Å². The molecule has 0 aliphatic rings. The molecule has 0 bridgehead atoms. The maximum Gasteiger partial charge on any atom is 0.126 e. The van der Waals surface area contributed by atoms with Gasteiger partial charge in [0.1, 0.15) is 11.6 Å². The van der Waals surface area contributed by atoms with E-state index < -0.39 is 0 Å². The van der Waals surface area contributed by atoms with Gasteiger partial charge in [-0.25, -0.2) is 4.39 Å². The molecule has 1 unspecified atom stereocenters. The number of likely N-dealkylation sites (N-methyl/N-ethyl adjacent to an activating group) is 1. The van der Waals surface area contributed by atoms with Crippen LogP contribution in [0.15, 0.2) is 42.5 Å². The van der Waals surface area contributed by atoms with Crippen LogP contribution in [-0.4, -0.2) is 12.2 Å². The lowest BCUT2D eigenvalue weighted by atomic mass is 9.98. The second-order valence-corrected chi connectivity index (χ2v) is 4.72. The number of hydrogen-bond acceptors (Lipinski definition) is 2. The molecule has 0 aliphatic carbocycles. The molecule has 0 fully saturated rings. The number of rotatable bonds is 4. The quantitative estimate of drug-likeness (QED) is 0.882. The first kappa shape index (κ1) is 13.6. The van der Waals surface area contributed by atoms with E-state index in [-0.39, 0.29) is 17.6 Å². The molecule has 0 aromatic heterocycles. The fraction of sp³-hybridized carbons (Fsp3) is 0.250. The summed E-state index contributed by atoms with van der Waals surface area (Å²) in [5, 5.41) is 12.5. The highest BCUT2D eigenvalue weighted by Gasteiger charge is 2.11. The summed E-state index contributed by atoms with van der Waals surface area (Å²) in [5.41, 5.74) is 2.68. The summed E-state index contributed by atoms with van der Waals surface area (Å²) in [6.45, 7) is 1.76. The molecule has 19 heavy (non-hydrogen) atoms. The smallest absolute Gasteiger partial charge is 0.126 e. The van der Waals surface area contributed by atoms with Crippen molar-refractivity contribution in [2.75, 3.05) is 7.05 Å². The van der Waals surface area contributed by atoms with E-state index >= 15 is 0 Å². The zero-order valence-electron chi connectivity index (χ0n) is 11.2. The average Bonchev–Trinajstić information content (AvgIpc) is 2.41. The zero-order chi connectivity index (χ0) is 13.8. The Labute approximate surface area is 112 Å². The van der Waals surface area contributed by atoms with Crippen molar-refractivity contribution in [3.63, 3.8) is 0 Å². The van der Waals surface area contributed by atoms with Crippen LogP contribution in [0, 0.1) is 12.7 Å². The number of phenols is 1. The maximum atomic E-state index is 13.6. The number of aryl methyl sites for hydroxylation is 1. The first-order valence-electron chi connectivity index (χ1n) is 6.31. The molecule has 0 heterocycles. The number of benzene rings is 2. The van der Waals surface area contributed by atoms with Gasteiger partial charge in [0.15, 0.2) is 0 Å². The van der Waals surface area contributed by atoms with E-state index in [2.05, 4.69) is 5.32 Å². The fourth-order valence-corrected chi connectivity index (χ4v) is 2.08. The van der Waals surface area contributed by atoms with Gasteiger partial charge in [0.05, 0.1) is 0 Å². The Morgan fingerprint density at radius 3 is 2.42 bits per heavy atom. The lowest BCUT2D eigenvalue weighted by Gasteiger charge is -2.17. The van der Waals surface area contributed by atoms with Crippen molar-refractivity contribution in [3.8, 4) is 5.75 Å². The number of hydrogen-bond donors (Lipinski definition) is 2. The SMILES string of the molecule is CNC(Cc1ccc(O)cc1)c1ccc(C)c(F)c1. The van der Waals surface area contributed by atoms with Gasteiger partial charge in [0.2, 0.25) is 0 Å². The normalized spacial score (nSPS) is 12.4. The zero-order valence-corrected chi connectivity index (χ0v) is 11.2. The molecule has 2 N–H and O–H groups in total. The lowest BCUT2D eigenvalue weighted by molar-refractivity contribution is 0.475. The van der Waals surface area contributed by atoms with Crippen LogP contribution in [0.3, 0.4) is 0 Å². The van der Waals surface area contributed by atoms with Crippen LogP contribution in [0.5, 0.6) is 5.75 Å². The van der Waals surface area contributed by atoms with E-state index in [1.165, 1.54) is 0 Å². The minimum absolute atomic E-state index is 0.0552. The third-order valence-corrected chi connectivity index (χ3v) is 3.32. The van der Waals surface area contributed by atoms with Crippen LogP contribution in [0.1, 0.15) is 22.7 Å². The van der Waals surface area contributed by atoms with Gasteiger partial charge in [-0.3, -0.25) is 0 Å². The standard InChI is InChI=1S/C16H18FNO/c1-11-3-6-13(10-15(11)17)16(18-2)9-12-4-7-14(19)8-5-12/h3-8,10,16,18-19H,9H2,1-2H3. The Hall–Kier alpha value is -1.87. The molecule has 2 aromatic rings. The molecule has 0 spiro atoms. The molecular formula is C16H18FNO. The first-order chi connectivity index (χ1) is 9.10. The molecular weight excluding hydrogens is 241 g/mol. The van der Waals surface area contributed by atoms with E-state index in [0.717, 1.165) is 17.5 Å². The topological polar surface area (TPSA) is 32.3 Å². The van der Waals surface area contributed by atoms with Crippen molar-refractivity contribution >= 4 is 0 Å². The van der Waals surface area contributed by atoms with Crippen molar-refractivity contribution in [3.05, 3.63) is 65.0 Å². The van der Waals surface area contributed by atoms with Crippen LogP contribution in [0.4, 0.5) is 4.39 Å². The molecule has 100 valence electrons. The first-order valence-corrected chi connectivity index (χ1v) is 6.31. The minimum atomic E-state index is -0.177. The van der Waals surface area contributed by atoms with Crippen molar-refractivity contribution in [2.24, 2.45) is 0 Å². The van der Waals surface area contributed by atoms with Crippen LogP contribution in [0.2, 0.25) is 0 Å². The van der Waals surface area contributed by atoms with Crippen molar-refractivity contribution in [1.82, 2.24) is 5.32 Å². The Morgan fingerprint density at radius 1 is 1.16 bits per heavy atom. The third kappa shape index (κ3) is 3.32. The van der Waals surface area contributed by atoms with Crippen LogP contribution in [-0.2, 0) is 6.42 Å². The molecule has 0 aliphatic heterocycles. The van der Waals surface area contributed by atoms with Crippen LogP contribution >= 0.6 is 0 Å². The highest BCUT2D eigenvalue weighted by atomic mass is 19.1. The summed E-state index contributed by atoms with van der Waals surface area (Å²) in [4.78, 5) is 0. The largest absolute Gasteiger partial charge is 0.508 e. The monoisotopic (exact) mass is 259 g/mol. The highest BCUT2D eigenvalue weighted by molar-refractivity contribution is 5.30. The Morgan fingerprint density at radius 2 is 1.84 bits per heavy atom. The molecule has 3 heteroatoms. The van der Waals surface area contributed by atoms with Crippen molar-refractivity contribution in [1.29, 1.82) is 0 Å². The summed E-state index contributed by atoms with van der Waals surface area (Å²) < 4.78 is 13.6. The second-order valence-electron chi connectivity index (χ2n) is 4.72. The third-order valence-electron chi connectivity index (χ3n) is 3.32. The molecule has 2 aromatic carbocycles. The molecule has 0 saturated carbocycles. The van der Waals surface area contributed by atoms with Gasteiger partial charge >= 0.3 is 0 Å². The summed E-state index contributed by atoms with van der Waals surface area (Å²) in [7, 11) is 1.86. The summed E-state index contributed by atoms with van der Waals surface area (Å²) in [5.74, 6) is 0.0783. The molecule has 2 rings (SSSR count). The van der Waals surface area contributed by atoms with Crippen LogP contribution < -0.4 is 5.32 Å². The Kier molecular flexibility index (Phi) is 4.17. The number of phenolic OH excluding ortho intramolecular Hbond substituents is 1. The van der Waals surface area contributed by atoms with E-state index in [4.69, 9.17) is 0 Å². The Balaban J connectivity index is 2.19.